The van der Waals surface area contributed by atoms with Gasteiger partial charge in [0.05, 0.1) is 5.69 Å². The third kappa shape index (κ3) is 2.92. The molecule has 0 aromatic carbocycles. The molecule has 0 radical (unpaired) electrons. The molecule has 1 aromatic rings. The number of hydrogen-bond acceptors (Lipinski definition) is 3. The van der Waals surface area contributed by atoms with Crippen molar-refractivity contribution >= 4 is 17.4 Å². The number of aromatic nitrogens is 1. The van der Waals surface area contributed by atoms with Crippen LogP contribution in [0.5, 0.6) is 0 Å². The monoisotopic (exact) mass is 196 g/mol. The molecule has 0 saturated carbocycles. The molecule has 1 atom stereocenters. The number of thioether (sulfide) groups is 1. The Balaban J connectivity index is 2.81. The summed E-state index contributed by atoms with van der Waals surface area (Å²) in [5.74, 6) is 0. The van der Waals surface area contributed by atoms with Crippen molar-refractivity contribution in [2.24, 2.45) is 0 Å². The van der Waals surface area contributed by atoms with Crippen LogP contribution in [0.25, 0.3) is 0 Å². The van der Waals surface area contributed by atoms with Crippen LogP contribution in [0.2, 0.25) is 0 Å². The smallest absolute Gasteiger partial charge is 0.119 e. The van der Waals surface area contributed by atoms with Gasteiger partial charge in [0.25, 0.3) is 0 Å². The second kappa shape index (κ2) is 4.51. The van der Waals surface area contributed by atoms with Crippen LogP contribution >= 0.6 is 11.8 Å². The van der Waals surface area contributed by atoms with Crippen molar-refractivity contribution in [3.63, 3.8) is 0 Å². The van der Waals surface area contributed by atoms with Gasteiger partial charge in [-0.1, -0.05) is 13.8 Å². The highest BCUT2D eigenvalue weighted by molar-refractivity contribution is 8.00. The zero-order valence-corrected chi connectivity index (χ0v) is 9.19. The van der Waals surface area contributed by atoms with Gasteiger partial charge in [0.15, 0.2) is 0 Å². The molecule has 0 aliphatic heterocycles. The van der Waals surface area contributed by atoms with Gasteiger partial charge in [0.1, 0.15) is 5.03 Å². The first kappa shape index (κ1) is 10.4. The molecule has 13 heavy (non-hydrogen) atoms. The van der Waals surface area contributed by atoms with Crippen LogP contribution in [0, 0.1) is 6.92 Å². The zero-order valence-electron chi connectivity index (χ0n) is 8.37. The van der Waals surface area contributed by atoms with Crippen LogP contribution in [0.1, 0.15) is 26.0 Å². The van der Waals surface area contributed by atoms with E-state index in [1.807, 2.05) is 19.1 Å². The summed E-state index contributed by atoms with van der Waals surface area (Å²) >= 11 is 1.75. The summed E-state index contributed by atoms with van der Waals surface area (Å²) in [6, 6.07) is 3.86. The molecular formula is C10H16N2S. The fraction of sp³-hybridized carbons (Fsp3) is 0.500. The minimum absolute atomic E-state index is 0.580. The number of anilines is 1. The van der Waals surface area contributed by atoms with Crippen molar-refractivity contribution in [3.05, 3.63) is 17.8 Å². The summed E-state index contributed by atoms with van der Waals surface area (Å²) in [4.78, 5) is 4.40. The molecule has 0 bridgehead atoms. The lowest BCUT2D eigenvalue weighted by Crippen LogP contribution is -1.98. The number of hydrogen-bond donors (Lipinski definition) is 1. The molecule has 1 rings (SSSR count). The van der Waals surface area contributed by atoms with Crippen LogP contribution in [-0.2, 0) is 0 Å². The van der Waals surface area contributed by atoms with E-state index >= 15 is 0 Å². The molecule has 1 unspecified atom stereocenters. The maximum atomic E-state index is 5.81. The maximum Gasteiger partial charge on any atom is 0.119 e. The Hall–Kier alpha value is -0.700. The quantitative estimate of drug-likeness (QED) is 0.755. The molecule has 0 spiro atoms. The van der Waals surface area contributed by atoms with Gasteiger partial charge in [-0.3, -0.25) is 0 Å². The Morgan fingerprint density at radius 3 is 2.85 bits per heavy atom. The van der Waals surface area contributed by atoms with Crippen molar-refractivity contribution in [1.82, 2.24) is 4.98 Å². The Morgan fingerprint density at radius 2 is 2.23 bits per heavy atom. The van der Waals surface area contributed by atoms with Gasteiger partial charge in [-0.15, -0.1) is 11.8 Å². The maximum absolute atomic E-state index is 5.81. The van der Waals surface area contributed by atoms with E-state index in [0.717, 1.165) is 22.8 Å². The topological polar surface area (TPSA) is 38.9 Å². The molecular weight excluding hydrogens is 180 g/mol. The van der Waals surface area contributed by atoms with Gasteiger partial charge in [0, 0.05) is 10.9 Å². The second-order valence-corrected chi connectivity index (χ2v) is 4.61. The predicted molar refractivity (Wildman–Crippen MR) is 59.0 cm³/mol. The summed E-state index contributed by atoms with van der Waals surface area (Å²) in [5.41, 5.74) is 7.62. The van der Waals surface area contributed by atoms with Gasteiger partial charge in [0.2, 0.25) is 0 Å². The van der Waals surface area contributed by atoms with E-state index in [0.29, 0.717) is 5.25 Å². The van der Waals surface area contributed by atoms with Gasteiger partial charge < -0.3 is 5.73 Å². The van der Waals surface area contributed by atoms with E-state index in [4.69, 9.17) is 5.73 Å². The minimum Gasteiger partial charge on any atom is -0.397 e. The lowest BCUT2D eigenvalue weighted by atomic mass is 10.3. The van der Waals surface area contributed by atoms with Crippen molar-refractivity contribution < 1.29 is 0 Å². The molecule has 2 nitrogen and oxygen atoms in total. The lowest BCUT2D eigenvalue weighted by Gasteiger charge is -2.09. The van der Waals surface area contributed by atoms with Crippen molar-refractivity contribution in [1.29, 1.82) is 0 Å². The van der Waals surface area contributed by atoms with Crippen molar-refractivity contribution in [2.45, 2.75) is 37.5 Å². The zero-order chi connectivity index (χ0) is 9.84. The highest BCUT2D eigenvalue weighted by Crippen LogP contribution is 2.27. The number of nitrogen functional groups attached to an aromatic ring is 1. The predicted octanol–water partition coefficient (Wildman–Crippen LogP) is 2.86. The summed E-state index contributed by atoms with van der Waals surface area (Å²) in [6.45, 7) is 6.35. The molecule has 0 aliphatic carbocycles. The molecule has 0 aliphatic rings. The van der Waals surface area contributed by atoms with Crippen LogP contribution in [0.4, 0.5) is 5.69 Å². The molecule has 0 saturated heterocycles. The lowest BCUT2D eigenvalue weighted by molar-refractivity contribution is 0.900. The Bertz CT molecular complexity index is 286. The first-order valence-corrected chi connectivity index (χ1v) is 5.41. The highest BCUT2D eigenvalue weighted by Gasteiger charge is 2.06. The largest absolute Gasteiger partial charge is 0.397 e. The fourth-order valence-electron chi connectivity index (χ4n) is 0.912. The van der Waals surface area contributed by atoms with Crippen LogP contribution in [0.15, 0.2) is 17.2 Å². The average molecular weight is 196 g/mol. The van der Waals surface area contributed by atoms with Gasteiger partial charge in [-0.05, 0) is 25.5 Å². The van der Waals surface area contributed by atoms with Crippen molar-refractivity contribution in [3.8, 4) is 0 Å². The molecule has 1 heterocycles. The standard InChI is InChI=1S/C10H16N2S/c1-4-8(3)13-10-9(11)6-5-7(2)12-10/h5-6,8H,4,11H2,1-3H3. The van der Waals surface area contributed by atoms with E-state index in [9.17, 15) is 0 Å². The first-order valence-electron chi connectivity index (χ1n) is 4.53. The average Bonchev–Trinajstić information content (AvgIpc) is 2.11. The Morgan fingerprint density at radius 1 is 1.54 bits per heavy atom. The van der Waals surface area contributed by atoms with Gasteiger partial charge in [-0.25, -0.2) is 4.98 Å². The normalized spacial score (nSPS) is 12.8. The van der Waals surface area contributed by atoms with Crippen LogP contribution in [-0.4, -0.2) is 10.2 Å². The summed E-state index contributed by atoms with van der Waals surface area (Å²) in [6.07, 6.45) is 1.14. The van der Waals surface area contributed by atoms with Crippen molar-refractivity contribution in [2.75, 3.05) is 5.73 Å². The Labute approximate surface area is 83.9 Å². The second-order valence-electron chi connectivity index (χ2n) is 3.18. The molecule has 1 aromatic heterocycles. The molecule has 72 valence electrons. The molecule has 0 fully saturated rings. The molecule has 0 amide bonds. The third-order valence-electron chi connectivity index (χ3n) is 1.92. The highest BCUT2D eigenvalue weighted by atomic mass is 32.2. The van der Waals surface area contributed by atoms with E-state index in [1.165, 1.54) is 0 Å². The van der Waals surface area contributed by atoms with E-state index in [2.05, 4.69) is 18.8 Å². The van der Waals surface area contributed by atoms with E-state index < -0.39 is 0 Å². The summed E-state index contributed by atoms with van der Waals surface area (Å²) in [5, 5.41) is 1.55. The number of aryl methyl sites for hydroxylation is 1. The SMILES string of the molecule is CCC(C)Sc1nc(C)ccc1N. The molecule has 3 heteroatoms. The van der Waals surface area contributed by atoms with Crippen LogP contribution in [0.3, 0.4) is 0 Å². The van der Waals surface area contributed by atoms with Gasteiger partial charge >= 0.3 is 0 Å². The number of nitrogens with two attached hydrogens (primary N) is 1. The summed E-state index contributed by atoms with van der Waals surface area (Å²) < 4.78 is 0. The molecule has 2 N–H and O–H groups in total. The van der Waals surface area contributed by atoms with Gasteiger partial charge in [-0.2, -0.15) is 0 Å². The minimum atomic E-state index is 0.580. The number of rotatable bonds is 3. The first-order chi connectivity index (χ1) is 6.13. The number of pyridine rings is 1. The van der Waals surface area contributed by atoms with E-state index in [-0.39, 0.29) is 0 Å². The number of nitrogens with zero attached hydrogens (tertiary/aromatic N) is 1. The fourth-order valence-corrected chi connectivity index (χ4v) is 1.86. The van der Waals surface area contributed by atoms with E-state index in [1.54, 1.807) is 11.8 Å². The van der Waals surface area contributed by atoms with Crippen LogP contribution < -0.4 is 5.73 Å². The summed E-state index contributed by atoms with van der Waals surface area (Å²) in [7, 11) is 0. The third-order valence-corrected chi connectivity index (χ3v) is 3.20. The Kier molecular flexibility index (Phi) is 3.60.